The first kappa shape index (κ1) is 13.8. The Balaban J connectivity index is 2.38. The van der Waals surface area contributed by atoms with Gasteiger partial charge in [0.25, 0.3) is 0 Å². The van der Waals surface area contributed by atoms with Crippen LogP contribution >= 0.6 is 0 Å². The van der Waals surface area contributed by atoms with Crippen LogP contribution in [-0.4, -0.2) is 13.1 Å². The van der Waals surface area contributed by atoms with Crippen molar-refractivity contribution in [2.24, 2.45) is 0 Å². The second-order valence-corrected chi connectivity index (χ2v) is 4.19. The molecule has 0 radical (unpaired) electrons. The fourth-order valence-corrected chi connectivity index (χ4v) is 1.89. The third kappa shape index (κ3) is 3.69. The number of methoxy groups -OCH3 is 1. The molecule has 0 saturated carbocycles. The Labute approximate surface area is 119 Å². The lowest BCUT2D eigenvalue weighted by Crippen LogP contribution is -1.93. The van der Waals surface area contributed by atoms with E-state index in [-0.39, 0.29) is 5.97 Å². The molecule has 0 spiro atoms. The highest BCUT2D eigenvalue weighted by atomic mass is 16.5. The van der Waals surface area contributed by atoms with Gasteiger partial charge in [0.1, 0.15) is 0 Å². The normalized spacial score (nSPS) is 10.2. The van der Waals surface area contributed by atoms with Crippen molar-refractivity contribution in [3.63, 3.8) is 0 Å². The Morgan fingerprint density at radius 2 is 1.40 bits per heavy atom. The molecule has 2 rings (SSSR count). The molecule has 0 aliphatic carbocycles. The minimum atomic E-state index is -0.360. The Hall–Kier alpha value is -2.61. The maximum atomic E-state index is 11.1. The van der Waals surface area contributed by atoms with Crippen molar-refractivity contribution in [2.75, 3.05) is 7.11 Å². The summed E-state index contributed by atoms with van der Waals surface area (Å²) in [5, 5.41) is 0. The van der Waals surface area contributed by atoms with Gasteiger partial charge in [0.15, 0.2) is 0 Å². The molecule has 0 N–H and O–H groups in total. The van der Waals surface area contributed by atoms with Gasteiger partial charge in [0.05, 0.1) is 7.11 Å². The Bertz CT molecular complexity index is 569. The quantitative estimate of drug-likeness (QED) is 0.476. The highest BCUT2D eigenvalue weighted by Gasteiger charge is 2.02. The molecule has 20 heavy (non-hydrogen) atoms. The molecule has 0 heterocycles. The molecule has 0 aliphatic rings. The Kier molecular flexibility index (Phi) is 4.90. The maximum absolute atomic E-state index is 11.1. The lowest BCUT2D eigenvalue weighted by atomic mass is 9.97. The average Bonchev–Trinajstić information content (AvgIpc) is 2.53. The van der Waals surface area contributed by atoms with Gasteiger partial charge in [-0.1, -0.05) is 72.8 Å². The summed E-state index contributed by atoms with van der Waals surface area (Å²) in [6, 6.07) is 20.1. The second-order valence-electron chi connectivity index (χ2n) is 4.19. The van der Waals surface area contributed by atoms with Crippen LogP contribution in [0.1, 0.15) is 11.1 Å². The number of esters is 1. The molecule has 2 aromatic carbocycles. The molecule has 2 nitrogen and oxygen atoms in total. The molecule has 0 atom stereocenters. The summed E-state index contributed by atoms with van der Waals surface area (Å²) in [4.78, 5) is 11.1. The molecular formula is C18H16O2. The molecule has 0 bridgehead atoms. The van der Waals surface area contributed by atoms with Crippen LogP contribution in [0.4, 0.5) is 0 Å². The van der Waals surface area contributed by atoms with E-state index >= 15 is 0 Å². The van der Waals surface area contributed by atoms with Gasteiger partial charge in [-0.25, -0.2) is 4.79 Å². The molecule has 0 fully saturated rings. The van der Waals surface area contributed by atoms with Crippen molar-refractivity contribution in [1.82, 2.24) is 0 Å². The van der Waals surface area contributed by atoms with Crippen LogP contribution < -0.4 is 0 Å². The van der Waals surface area contributed by atoms with Gasteiger partial charge in [0.2, 0.25) is 0 Å². The third-order valence-corrected chi connectivity index (χ3v) is 2.87. The van der Waals surface area contributed by atoms with Crippen LogP contribution in [0.3, 0.4) is 0 Å². The zero-order valence-electron chi connectivity index (χ0n) is 11.3. The van der Waals surface area contributed by atoms with Crippen LogP contribution in [0.5, 0.6) is 0 Å². The predicted octanol–water partition coefficient (Wildman–Crippen LogP) is 3.85. The van der Waals surface area contributed by atoms with Crippen molar-refractivity contribution in [1.29, 1.82) is 0 Å². The van der Waals surface area contributed by atoms with E-state index in [0.717, 1.165) is 16.7 Å². The van der Waals surface area contributed by atoms with Crippen LogP contribution in [0, 0.1) is 0 Å². The summed E-state index contributed by atoms with van der Waals surface area (Å²) in [6.45, 7) is 0. The van der Waals surface area contributed by atoms with Gasteiger partial charge in [-0.15, -0.1) is 0 Å². The van der Waals surface area contributed by atoms with Gasteiger partial charge in [-0.2, -0.15) is 0 Å². The van der Waals surface area contributed by atoms with Crippen molar-refractivity contribution < 1.29 is 9.53 Å². The molecule has 0 aromatic heterocycles. The number of rotatable bonds is 4. The molecule has 2 aromatic rings. The van der Waals surface area contributed by atoms with Gasteiger partial charge >= 0.3 is 5.97 Å². The number of hydrogen-bond donors (Lipinski definition) is 0. The summed E-state index contributed by atoms with van der Waals surface area (Å²) in [5.41, 5.74) is 3.27. The predicted molar refractivity (Wildman–Crippen MR) is 81.1 cm³/mol. The zero-order valence-corrected chi connectivity index (χ0v) is 11.3. The highest BCUT2D eigenvalue weighted by Crippen LogP contribution is 2.23. The minimum absolute atomic E-state index is 0.360. The number of benzene rings is 2. The Morgan fingerprint density at radius 3 is 1.85 bits per heavy atom. The molecule has 100 valence electrons. The number of ether oxygens (including phenoxy) is 1. The van der Waals surface area contributed by atoms with Crippen LogP contribution in [0.15, 0.2) is 78.9 Å². The summed E-state index contributed by atoms with van der Waals surface area (Å²) in [5.74, 6) is -0.360. The standard InChI is InChI=1S/C18H16O2/c1-20-18(19)14-8-13-17(15-9-4-2-5-10-15)16-11-6-3-7-12-16/h2-14H,1H3/b14-8-. The van der Waals surface area contributed by atoms with Gasteiger partial charge in [0, 0.05) is 6.08 Å². The van der Waals surface area contributed by atoms with Crippen LogP contribution in [-0.2, 0) is 9.53 Å². The monoisotopic (exact) mass is 264 g/mol. The number of carbonyl (C=O) groups is 1. The fraction of sp³-hybridized carbons (Fsp3) is 0.0556. The van der Waals surface area contributed by atoms with Gasteiger partial charge in [-0.05, 0) is 16.7 Å². The Morgan fingerprint density at radius 1 is 0.900 bits per heavy atom. The van der Waals surface area contributed by atoms with Crippen molar-refractivity contribution in [3.8, 4) is 0 Å². The largest absolute Gasteiger partial charge is 0.466 e. The average molecular weight is 264 g/mol. The first-order chi connectivity index (χ1) is 9.81. The summed E-state index contributed by atoms with van der Waals surface area (Å²) in [6.07, 6.45) is 5.04. The smallest absolute Gasteiger partial charge is 0.330 e. The molecular weight excluding hydrogens is 248 g/mol. The SMILES string of the molecule is COC(=O)/C=C\C=C(c1ccccc1)c1ccccc1. The molecule has 0 aliphatic heterocycles. The van der Waals surface area contributed by atoms with Crippen molar-refractivity contribution in [2.45, 2.75) is 0 Å². The van der Waals surface area contributed by atoms with Gasteiger partial charge < -0.3 is 4.74 Å². The molecule has 2 heteroatoms. The van der Waals surface area contributed by atoms with E-state index in [1.165, 1.54) is 13.2 Å². The van der Waals surface area contributed by atoms with E-state index in [2.05, 4.69) is 4.74 Å². The van der Waals surface area contributed by atoms with E-state index in [0.29, 0.717) is 0 Å². The first-order valence-electron chi connectivity index (χ1n) is 6.38. The van der Waals surface area contributed by atoms with Crippen molar-refractivity contribution in [3.05, 3.63) is 90.0 Å². The second kappa shape index (κ2) is 7.10. The molecule has 0 amide bonds. The molecule has 0 unspecified atom stereocenters. The van der Waals surface area contributed by atoms with E-state index < -0.39 is 0 Å². The topological polar surface area (TPSA) is 26.3 Å². The molecule has 0 saturated heterocycles. The minimum Gasteiger partial charge on any atom is -0.466 e. The summed E-state index contributed by atoms with van der Waals surface area (Å²) < 4.78 is 4.59. The van der Waals surface area contributed by atoms with Crippen LogP contribution in [0.25, 0.3) is 5.57 Å². The lowest BCUT2D eigenvalue weighted by Gasteiger charge is -2.07. The number of allylic oxidation sites excluding steroid dienone is 2. The van der Waals surface area contributed by atoms with E-state index in [1.54, 1.807) is 6.08 Å². The van der Waals surface area contributed by atoms with E-state index in [9.17, 15) is 4.79 Å². The highest BCUT2D eigenvalue weighted by molar-refractivity contribution is 5.84. The third-order valence-electron chi connectivity index (χ3n) is 2.87. The fourth-order valence-electron chi connectivity index (χ4n) is 1.89. The van der Waals surface area contributed by atoms with E-state index in [1.807, 2.05) is 66.7 Å². The summed E-state index contributed by atoms with van der Waals surface area (Å²) in [7, 11) is 1.37. The van der Waals surface area contributed by atoms with Gasteiger partial charge in [-0.3, -0.25) is 0 Å². The first-order valence-corrected chi connectivity index (χ1v) is 6.38. The maximum Gasteiger partial charge on any atom is 0.330 e. The van der Waals surface area contributed by atoms with Crippen molar-refractivity contribution >= 4 is 11.5 Å². The zero-order chi connectivity index (χ0) is 14.2. The number of hydrogen-bond acceptors (Lipinski definition) is 2. The summed E-state index contributed by atoms with van der Waals surface area (Å²) >= 11 is 0. The number of carbonyl (C=O) groups excluding carboxylic acids is 1. The van der Waals surface area contributed by atoms with E-state index in [4.69, 9.17) is 0 Å². The lowest BCUT2D eigenvalue weighted by molar-refractivity contribution is -0.134. The van der Waals surface area contributed by atoms with Crippen LogP contribution in [0.2, 0.25) is 0 Å².